The number of anilines is 1. The number of hydrogen-bond acceptors (Lipinski definition) is 1. The Morgan fingerprint density at radius 3 is 1.39 bits per heavy atom. The fourth-order valence-electron chi connectivity index (χ4n) is 3.51. The third kappa shape index (κ3) is 5.40. The van der Waals surface area contributed by atoms with Gasteiger partial charge in [-0.3, -0.25) is 0 Å². The topological polar surface area (TPSA) is 3.24 Å². The van der Waals surface area contributed by atoms with Gasteiger partial charge in [0.15, 0.2) is 0 Å². The number of benzene rings is 4. The summed E-state index contributed by atoms with van der Waals surface area (Å²) >= 11 is 0. The second kappa shape index (κ2) is 9.77. The fourth-order valence-corrected chi connectivity index (χ4v) is 3.51. The van der Waals surface area contributed by atoms with Crippen LogP contribution in [0.3, 0.4) is 0 Å². The second-order valence-electron chi connectivity index (χ2n) is 7.78. The van der Waals surface area contributed by atoms with Crippen LogP contribution in [0.15, 0.2) is 109 Å². The van der Waals surface area contributed by atoms with Gasteiger partial charge in [0.1, 0.15) is 0 Å². The second-order valence-corrected chi connectivity index (χ2v) is 7.78. The molecular formula is C30H27N. The van der Waals surface area contributed by atoms with Crippen molar-refractivity contribution in [3.8, 4) is 0 Å². The third-order valence-corrected chi connectivity index (χ3v) is 5.29. The van der Waals surface area contributed by atoms with Gasteiger partial charge < -0.3 is 4.90 Å². The van der Waals surface area contributed by atoms with E-state index in [1.54, 1.807) is 0 Å². The van der Waals surface area contributed by atoms with E-state index < -0.39 is 0 Å². The molecule has 0 heterocycles. The molecule has 0 amide bonds. The largest absolute Gasteiger partial charge is 0.378 e. The summed E-state index contributed by atoms with van der Waals surface area (Å²) in [4.78, 5) is 2.11. The molecule has 0 N–H and O–H groups in total. The Hall–Kier alpha value is -3.84. The van der Waals surface area contributed by atoms with Crippen LogP contribution in [0.5, 0.6) is 0 Å². The lowest BCUT2D eigenvalue weighted by Crippen LogP contribution is -2.07. The summed E-state index contributed by atoms with van der Waals surface area (Å²) in [6, 6.07) is 38.4. The molecular weight excluding hydrogens is 374 g/mol. The van der Waals surface area contributed by atoms with E-state index in [-0.39, 0.29) is 0 Å². The standard InChI is InChI=1S/C30H27N/c1-31(2)29-21-19-25(20-22-29)14-13-24-15-17-26(18-16-24)23-30(27-9-5-3-6-10-27)28-11-7-4-8-12-28/h3-23H,1-2H3. The van der Waals surface area contributed by atoms with E-state index >= 15 is 0 Å². The van der Waals surface area contributed by atoms with Gasteiger partial charge in [-0.15, -0.1) is 0 Å². The monoisotopic (exact) mass is 401 g/mol. The predicted octanol–water partition coefficient (Wildman–Crippen LogP) is 7.51. The van der Waals surface area contributed by atoms with Crippen LogP contribution in [0, 0.1) is 0 Å². The summed E-state index contributed by atoms with van der Waals surface area (Å²) in [7, 11) is 4.11. The normalized spacial score (nSPS) is 10.8. The average Bonchev–Trinajstić information content (AvgIpc) is 2.83. The van der Waals surface area contributed by atoms with Crippen molar-refractivity contribution in [1.29, 1.82) is 0 Å². The van der Waals surface area contributed by atoms with Gasteiger partial charge in [0.2, 0.25) is 0 Å². The van der Waals surface area contributed by atoms with Crippen molar-refractivity contribution < 1.29 is 0 Å². The van der Waals surface area contributed by atoms with E-state index in [9.17, 15) is 0 Å². The molecule has 0 saturated heterocycles. The molecule has 0 aliphatic carbocycles. The average molecular weight is 402 g/mol. The smallest absolute Gasteiger partial charge is 0.0361 e. The molecule has 0 bridgehead atoms. The Morgan fingerprint density at radius 2 is 0.935 bits per heavy atom. The van der Waals surface area contributed by atoms with Crippen molar-refractivity contribution in [3.05, 3.63) is 137 Å². The van der Waals surface area contributed by atoms with Gasteiger partial charge in [-0.25, -0.2) is 0 Å². The highest BCUT2D eigenvalue weighted by molar-refractivity contribution is 5.91. The Balaban J connectivity index is 1.56. The van der Waals surface area contributed by atoms with E-state index in [2.05, 4.69) is 146 Å². The van der Waals surface area contributed by atoms with Crippen LogP contribution in [0.25, 0.3) is 23.8 Å². The van der Waals surface area contributed by atoms with Crippen molar-refractivity contribution in [2.75, 3.05) is 19.0 Å². The number of hydrogen-bond donors (Lipinski definition) is 0. The van der Waals surface area contributed by atoms with E-state index in [1.807, 2.05) is 0 Å². The highest BCUT2D eigenvalue weighted by Crippen LogP contribution is 2.26. The quantitative estimate of drug-likeness (QED) is 0.302. The first-order valence-corrected chi connectivity index (χ1v) is 10.6. The molecule has 0 fully saturated rings. The van der Waals surface area contributed by atoms with E-state index in [4.69, 9.17) is 0 Å². The zero-order valence-electron chi connectivity index (χ0n) is 18.1. The molecule has 152 valence electrons. The first kappa shape index (κ1) is 20.4. The highest BCUT2D eigenvalue weighted by Gasteiger charge is 2.04. The Kier molecular flexibility index (Phi) is 6.44. The van der Waals surface area contributed by atoms with Crippen LogP contribution in [0.2, 0.25) is 0 Å². The van der Waals surface area contributed by atoms with E-state index in [0.717, 1.165) is 0 Å². The SMILES string of the molecule is CN(C)c1ccc(C=Cc2ccc(C=C(c3ccccc3)c3ccccc3)cc2)cc1. The molecule has 4 rings (SSSR count). The van der Waals surface area contributed by atoms with Crippen molar-refractivity contribution in [2.24, 2.45) is 0 Å². The Labute approximate surface area is 185 Å². The molecule has 1 nitrogen and oxygen atoms in total. The van der Waals surface area contributed by atoms with Crippen LogP contribution < -0.4 is 4.90 Å². The van der Waals surface area contributed by atoms with Gasteiger partial charge in [-0.2, -0.15) is 0 Å². The summed E-state index contributed by atoms with van der Waals surface area (Å²) in [6.45, 7) is 0. The maximum absolute atomic E-state index is 2.26. The zero-order valence-corrected chi connectivity index (χ0v) is 18.1. The lowest BCUT2D eigenvalue weighted by Gasteiger charge is -2.11. The third-order valence-electron chi connectivity index (χ3n) is 5.29. The lowest BCUT2D eigenvalue weighted by molar-refractivity contribution is 1.13. The van der Waals surface area contributed by atoms with Gasteiger partial charge in [0, 0.05) is 19.8 Å². The maximum Gasteiger partial charge on any atom is 0.0361 e. The Morgan fingerprint density at radius 1 is 0.516 bits per heavy atom. The molecule has 0 radical (unpaired) electrons. The fraction of sp³-hybridized carbons (Fsp3) is 0.0667. The van der Waals surface area contributed by atoms with Crippen LogP contribution in [-0.2, 0) is 0 Å². The summed E-state index contributed by atoms with van der Waals surface area (Å²) in [5.74, 6) is 0. The molecule has 0 saturated carbocycles. The minimum Gasteiger partial charge on any atom is -0.378 e. The molecule has 0 spiro atoms. The molecule has 4 aromatic carbocycles. The van der Waals surface area contributed by atoms with Crippen LogP contribution in [0.4, 0.5) is 5.69 Å². The van der Waals surface area contributed by atoms with Gasteiger partial charge >= 0.3 is 0 Å². The minimum atomic E-state index is 1.19. The van der Waals surface area contributed by atoms with Gasteiger partial charge in [-0.1, -0.05) is 109 Å². The summed E-state index contributed by atoms with van der Waals surface area (Å²) in [5.41, 5.74) is 8.46. The summed E-state index contributed by atoms with van der Waals surface area (Å²) < 4.78 is 0. The van der Waals surface area contributed by atoms with Crippen molar-refractivity contribution in [1.82, 2.24) is 0 Å². The van der Waals surface area contributed by atoms with Crippen molar-refractivity contribution >= 4 is 29.5 Å². The summed E-state index contributed by atoms with van der Waals surface area (Å²) in [6.07, 6.45) is 6.58. The molecule has 1 heteroatoms. The van der Waals surface area contributed by atoms with Gasteiger partial charge in [-0.05, 0) is 51.6 Å². The van der Waals surface area contributed by atoms with Gasteiger partial charge in [0.25, 0.3) is 0 Å². The molecule has 0 aliphatic heterocycles. The maximum atomic E-state index is 2.26. The summed E-state index contributed by atoms with van der Waals surface area (Å²) in [5, 5.41) is 0. The van der Waals surface area contributed by atoms with Crippen LogP contribution in [-0.4, -0.2) is 14.1 Å². The van der Waals surface area contributed by atoms with E-state index in [0.29, 0.717) is 0 Å². The minimum absolute atomic E-state index is 1.19. The zero-order chi connectivity index (χ0) is 21.5. The molecule has 0 atom stereocenters. The first-order chi connectivity index (χ1) is 15.2. The van der Waals surface area contributed by atoms with E-state index in [1.165, 1.54) is 39.1 Å². The number of nitrogens with zero attached hydrogens (tertiary/aromatic N) is 1. The van der Waals surface area contributed by atoms with Crippen LogP contribution >= 0.6 is 0 Å². The number of rotatable bonds is 6. The molecule has 0 aromatic heterocycles. The molecule has 31 heavy (non-hydrogen) atoms. The van der Waals surface area contributed by atoms with Crippen LogP contribution in [0.1, 0.15) is 27.8 Å². The van der Waals surface area contributed by atoms with Crippen molar-refractivity contribution in [2.45, 2.75) is 0 Å². The Bertz CT molecular complexity index is 1110. The molecule has 0 aliphatic rings. The van der Waals surface area contributed by atoms with Crippen molar-refractivity contribution in [3.63, 3.8) is 0 Å². The molecule has 4 aromatic rings. The molecule has 0 unspecified atom stereocenters. The lowest BCUT2D eigenvalue weighted by atomic mass is 9.95. The van der Waals surface area contributed by atoms with Gasteiger partial charge in [0.05, 0.1) is 0 Å². The predicted molar refractivity (Wildman–Crippen MR) is 136 cm³/mol. The first-order valence-electron chi connectivity index (χ1n) is 10.6. The highest BCUT2D eigenvalue weighted by atomic mass is 15.1.